The van der Waals surface area contributed by atoms with E-state index in [1.54, 1.807) is 0 Å². The van der Waals surface area contributed by atoms with Gasteiger partial charge in [-0.3, -0.25) is 14.6 Å². The zero-order chi connectivity index (χ0) is 22.5. The highest BCUT2D eigenvalue weighted by Gasteiger charge is 2.20. The number of nitrogens with one attached hydrogen (secondary N) is 2. The van der Waals surface area contributed by atoms with Crippen LogP contribution in [0.3, 0.4) is 0 Å². The number of benzene rings is 2. The third kappa shape index (κ3) is 4.85. The van der Waals surface area contributed by atoms with Crippen LogP contribution in [0.25, 0.3) is 5.95 Å². The van der Waals surface area contributed by atoms with Crippen LogP contribution in [0.1, 0.15) is 33.1 Å². The Labute approximate surface area is 183 Å². The molecule has 4 aromatic rings. The molecule has 0 aliphatic carbocycles. The molecule has 160 valence electrons. The van der Waals surface area contributed by atoms with Crippen molar-refractivity contribution in [3.05, 3.63) is 112 Å². The van der Waals surface area contributed by atoms with Crippen LogP contribution in [-0.2, 0) is 10.7 Å². The Kier molecular flexibility index (Phi) is 6.30. The summed E-state index contributed by atoms with van der Waals surface area (Å²) in [6.45, 7) is 0. The van der Waals surface area contributed by atoms with Crippen LogP contribution in [-0.4, -0.2) is 30.5 Å². The molecule has 0 saturated heterocycles. The van der Waals surface area contributed by atoms with Gasteiger partial charge in [-0.25, -0.2) is 9.67 Å². The lowest BCUT2D eigenvalue weighted by atomic mass is 9.98. The van der Waals surface area contributed by atoms with Crippen LogP contribution in [0, 0.1) is 0 Å². The molecule has 3 N–H and O–H groups in total. The molecule has 1 atom stereocenters. The third-order valence-electron chi connectivity index (χ3n) is 4.74. The number of carbonyl (C=O) groups excluding carboxylic acids is 1. The van der Waals surface area contributed by atoms with E-state index in [0.717, 1.165) is 11.1 Å². The standard InChI is InChI=1S/C22H18N5O4P/c28-20(25-19(16-7-3-1-4-8-16)17-9-5-2-6-10-17)18-12-23-22(26-21(18)29)27-13-15(11-24-27)14-32(30)31/h1-13,19H,14H2,(H2-,23,25,26,28,29,30,31)/p+1. The fraction of sp³-hybridized carbons (Fsp3) is 0.0909. The molecule has 4 rings (SSSR count). The minimum Gasteiger partial charge on any atom is -0.341 e. The van der Waals surface area contributed by atoms with Crippen LogP contribution in [0.4, 0.5) is 0 Å². The number of rotatable bonds is 7. The molecule has 0 radical (unpaired) electrons. The highest BCUT2D eigenvalue weighted by atomic mass is 31.1. The maximum atomic E-state index is 12.9. The van der Waals surface area contributed by atoms with Crippen molar-refractivity contribution < 1.29 is 14.3 Å². The second-order valence-electron chi connectivity index (χ2n) is 6.98. The molecule has 0 aliphatic heterocycles. The summed E-state index contributed by atoms with van der Waals surface area (Å²) in [5.41, 5.74) is 1.50. The lowest BCUT2D eigenvalue weighted by Gasteiger charge is -2.19. The van der Waals surface area contributed by atoms with E-state index in [1.807, 2.05) is 60.7 Å². The van der Waals surface area contributed by atoms with E-state index < -0.39 is 25.5 Å². The maximum Gasteiger partial charge on any atom is 0.510 e. The first-order chi connectivity index (χ1) is 15.5. The molecule has 9 nitrogen and oxygen atoms in total. The van der Waals surface area contributed by atoms with E-state index in [1.165, 1.54) is 23.3 Å². The Balaban J connectivity index is 1.59. The lowest BCUT2D eigenvalue weighted by molar-refractivity contribution is 0.0941. The van der Waals surface area contributed by atoms with Gasteiger partial charge in [0.25, 0.3) is 11.5 Å². The molecule has 32 heavy (non-hydrogen) atoms. The number of hydrogen-bond acceptors (Lipinski definition) is 5. The van der Waals surface area contributed by atoms with Gasteiger partial charge in [-0.1, -0.05) is 60.7 Å². The number of aromatic nitrogens is 4. The van der Waals surface area contributed by atoms with Crippen molar-refractivity contribution in [1.82, 2.24) is 25.1 Å². The van der Waals surface area contributed by atoms with Crippen LogP contribution in [0.5, 0.6) is 0 Å². The molecule has 1 unspecified atom stereocenters. The number of aromatic amines is 1. The molecule has 0 bridgehead atoms. The normalized spacial score (nSPS) is 11.4. The highest BCUT2D eigenvalue weighted by Crippen LogP contribution is 2.22. The van der Waals surface area contributed by atoms with Crippen LogP contribution >= 0.6 is 8.03 Å². The summed E-state index contributed by atoms with van der Waals surface area (Å²) in [7, 11) is -2.35. The predicted octanol–water partition coefficient (Wildman–Crippen LogP) is 2.71. The molecule has 0 fully saturated rings. The van der Waals surface area contributed by atoms with Crippen LogP contribution in [0.15, 0.2) is 84.0 Å². The van der Waals surface area contributed by atoms with Gasteiger partial charge in [0.05, 0.1) is 12.2 Å². The summed E-state index contributed by atoms with van der Waals surface area (Å²) in [5.74, 6) is -0.477. The molecular weight excluding hydrogens is 429 g/mol. The van der Waals surface area contributed by atoms with Crippen molar-refractivity contribution in [3.8, 4) is 5.95 Å². The van der Waals surface area contributed by atoms with Gasteiger partial charge in [-0.15, -0.1) is 0 Å². The number of H-pyrrole nitrogens is 1. The minimum atomic E-state index is -2.35. The summed E-state index contributed by atoms with van der Waals surface area (Å²) in [6.07, 6.45) is 4.03. The molecule has 2 aromatic heterocycles. The van der Waals surface area contributed by atoms with Crippen molar-refractivity contribution >= 4 is 13.9 Å². The number of amides is 1. The van der Waals surface area contributed by atoms with Crippen molar-refractivity contribution in [2.24, 2.45) is 0 Å². The summed E-state index contributed by atoms with van der Waals surface area (Å²) >= 11 is 0. The second kappa shape index (κ2) is 9.47. The molecule has 0 spiro atoms. The SMILES string of the molecule is O=C(NC(c1ccccc1)c1ccccc1)c1cnc(-n2cc(C[P+](=O)O)cn2)[nH]c1=O. The number of nitrogens with zero attached hydrogens (tertiary/aromatic N) is 3. The smallest absolute Gasteiger partial charge is 0.341 e. The van der Waals surface area contributed by atoms with Crippen molar-refractivity contribution in [1.29, 1.82) is 0 Å². The molecule has 0 saturated carbocycles. The zero-order valence-corrected chi connectivity index (χ0v) is 17.6. The average Bonchev–Trinajstić information content (AvgIpc) is 3.26. The van der Waals surface area contributed by atoms with E-state index in [4.69, 9.17) is 4.89 Å². The summed E-state index contributed by atoms with van der Waals surface area (Å²) in [4.78, 5) is 41.2. The van der Waals surface area contributed by atoms with Gasteiger partial charge in [0, 0.05) is 18.0 Å². The Morgan fingerprint density at radius 3 is 2.25 bits per heavy atom. The average molecular weight is 448 g/mol. The molecule has 10 heteroatoms. The first-order valence-corrected chi connectivity index (χ1v) is 11.1. The fourth-order valence-corrected chi connectivity index (χ4v) is 3.71. The van der Waals surface area contributed by atoms with Gasteiger partial charge in [0.2, 0.25) is 12.1 Å². The summed E-state index contributed by atoms with van der Waals surface area (Å²) in [6, 6.07) is 18.5. The van der Waals surface area contributed by atoms with Gasteiger partial charge in [-0.2, -0.15) is 9.99 Å². The quantitative estimate of drug-likeness (QED) is 0.373. The highest BCUT2D eigenvalue weighted by molar-refractivity contribution is 7.37. The van der Waals surface area contributed by atoms with Gasteiger partial charge >= 0.3 is 8.03 Å². The fourth-order valence-electron chi connectivity index (χ4n) is 3.24. The van der Waals surface area contributed by atoms with E-state index >= 15 is 0 Å². The van der Waals surface area contributed by atoms with E-state index in [9.17, 15) is 14.2 Å². The van der Waals surface area contributed by atoms with Gasteiger partial charge < -0.3 is 5.32 Å². The number of carbonyl (C=O) groups is 1. The largest absolute Gasteiger partial charge is 0.510 e. The Morgan fingerprint density at radius 2 is 1.69 bits per heavy atom. The van der Waals surface area contributed by atoms with Crippen molar-refractivity contribution in [2.45, 2.75) is 12.2 Å². The Morgan fingerprint density at radius 1 is 1.06 bits per heavy atom. The molecule has 0 aliphatic rings. The summed E-state index contributed by atoms with van der Waals surface area (Å²) in [5, 5.41) is 6.94. The van der Waals surface area contributed by atoms with Crippen molar-refractivity contribution in [3.63, 3.8) is 0 Å². The first kappa shape index (κ1) is 21.3. The van der Waals surface area contributed by atoms with Crippen molar-refractivity contribution in [2.75, 3.05) is 0 Å². The maximum absolute atomic E-state index is 12.9. The molecular formula is C22H19N5O4P+. The summed E-state index contributed by atoms with van der Waals surface area (Å²) < 4.78 is 12.2. The van der Waals surface area contributed by atoms with E-state index in [2.05, 4.69) is 20.4 Å². The molecule has 2 aromatic carbocycles. The predicted molar refractivity (Wildman–Crippen MR) is 118 cm³/mol. The Bertz CT molecular complexity index is 1270. The van der Waals surface area contributed by atoms with E-state index in [-0.39, 0.29) is 17.7 Å². The Hall–Kier alpha value is -3.94. The van der Waals surface area contributed by atoms with Gasteiger partial charge in [-0.05, 0) is 15.7 Å². The minimum absolute atomic E-state index is 0.0551. The second-order valence-corrected chi connectivity index (χ2v) is 8.00. The van der Waals surface area contributed by atoms with Crippen LogP contribution < -0.4 is 10.9 Å². The third-order valence-corrected chi connectivity index (χ3v) is 5.38. The topological polar surface area (TPSA) is 130 Å². The number of hydrogen-bond donors (Lipinski definition) is 3. The first-order valence-electron chi connectivity index (χ1n) is 9.69. The molecule has 1 amide bonds. The lowest BCUT2D eigenvalue weighted by Crippen LogP contribution is -2.34. The van der Waals surface area contributed by atoms with E-state index in [0.29, 0.717) is 5.56 Å². The van der Waals surface area contributed by atoms with Gasteiger partial charge in [0.15, 0.2) is 0 Å². The monoisotopic (exact) mass is 448 g/mol. The van der Waals surface area contributed by atoms with Gasteiger partial charge in [0.1, 0.15) is 5.56 Å². The van der Waals surface area contributed by atoms with Crippen LogP contribution in [0.2, 0.25) is 0 Å². The zero-order valence-electron chi connectivity index (χ0n) is 16.8. The molecule has 2 heterocycles.